The molecule has 0 amide bonds. The van der Waals surface area contributed by atoms with Gasteiger partial charge in [0.25, 0.3) is 0 Å². The van der Waals surface area contributed by atoms with Crippen LogP contribution in [0.1, 0.15) is 38.5 Å². The van der Waals surface area contributed by atoms with Gasteiger partial charge in [-0.05, 0) is 38.0 Å². The van der Waals surface area contributed by atoms with E-state index in [0.717, 1.165) is 19.1 Å². The van der Waals surface area contributed by atoms with Crippen LogP contribution in [0.2, 0.25) is 0 Å². The summed E-state index contributed by atoms with van der Waals surface area (Å²) in [5.41, 5.74) is 0. The molecule has 0 unspecified atom stereocenters. The predicted octanol–water partition coefficient (Wildman–Crippen LogP) is 2.90. The average molecular weight is 268 g/mol. The van der Waals surface area contributed by atoms with Gasteiger partial charge in [0.1, 0.15) is 6.29 Å². The van der Waals surface area contributed by atoms with E-state index in [4.69, 9.17) is 5.11 Å². The second-order valence-electron chi connectivity index (χ2n) is 5.16. The molecule has 2 fully saturated rings. The molecule has 0 aromatic carbocycles. The van der Waals surface area contributed by atoms with Gasteiger partial charge in [0.15, 0.2) is 0 Å². The first kappa shape index (κ1) is 13.7. The number of carbonyl (C=O) groups excluding carboxylic acids is 1. The summed E-state index contributed by atoms with van der Waals surface area (Å²) < 4.78 is 0. The zero-order valence-corrected chi connectivity index (χ0v) is 11.3. The number of thioether (sulfide) groups is 1. The molecule has 0 radical (unpaired) electrons. The van der Waals surface area contributed by atoms with E-state index in [1.807, 2.05) is 11.8 Å². The lowest BCUT2D eigenvalue weighted by Crippen LogP contribution is -2.27. The number of hydrogen-bond acceptors (Lipinski definition) is 3. The van der Waals surface area contributed by atoms with E-state index in [2.05, 4.69) is 12.2 Å². The van der Waals surface area contributed by atoms with E-state index in [-0.39, 0.29) is 12.3 Å². The molecule has 2 bridgehead atoms. The Bertz CT molecular complexity index is 340. The highest BCUT2D eigenvalue weighted by Gasteiger charge is 2.47. The first-order valence-corrected chi connectivity index (χ1v) is 7.64. The van der Waals surface area contributed by atoms with Crippen LogP contribution in [0.3, 0.4) is 0 Å². The maximum Gasteiger partial charge on any atom is 0.303 e. The lowest BCUT2D eigenvalue weighted by Gasteiger charge is -2.24. The molecule has 3 nitrogen and oxygen atoms in total. The summed E-state index contributed by atoms with van der Waals surface area (Å²) in [6.07, 6.45) is 10.6. The fourth-order valence-electron chi connectivity index (χ4n) is 3.05. The van der Waals surface area contributed by atoms with Crippen LogP contribution < -0.4 is 0 Å². The predicted molar refractivity (Wildman–Crippen MR) is 72.7 cm³/mol. The molecule has 18 heavy (non-hydrogen) atoms. The number of fused-ring (bicyclic) bond motifs is 2. The summed E-state index contributed by atoms with van der Waals surface area (Å²) in [6, 6.07) is 0. The summed E-state index contributed by atoms with van der Waals surface area (Å²) in [6.45, 7) is 0. The van der Waals surface area contributed by atoms with Crippen LogP contribution in [0.4, 0.5) is 0 Å². The number of hydrogen-bond donors (Lipinski definition) is 1. The van der Waals surface area contributed by atoms with E-state index in [9.17, 15) is 9.59 Å². The molecule has 0 spiro atoms. The van der Waals surface area contributed by atoms with Gasteiger partial charge >= 0.3 is 5.97 Å². The summed E-state index contributed by atoms with van der Waals surface area (Å²) >= 11 is 2.00. The van der Waals surface area contributed by atoms with Crippen molar-refractivity contribution in [1.82, 2.24) is 0 Å². The average Bonchev–Trinajstić information content (AvgIpc) is 2.93. The van der Waals surface area contributed by atoms with Gasteiger partial charge in [-0.25, -0.2) is 0 Å². The van der Waals surface area contributed by atoms with Crippen molar-refractivity contribution in [3.63, 3.8) is 0 Å². The molecule has 2 saturated heterocycles. The normalized spacial score (nSPS) is 34.2. The fourth-order valence-corrected chi connectivity index (χ4v) is 4.99. The number of carboxylic acids is 1. The number of carboxylic acid groups (broad SMARTS) is 1. The maximum absolute atomic E-state index is 11.1. The highest BCUT2D eigenvalue weighted by atomic mass is 32.2. The lowest BCUT2D eigenvalue weighted by molar-refractivity contribution is -0.137. The third-order valence-electron chi connectivity index (χ3n) is 3.98. The van der Waals surface area contributed by atoms with Gasteiger partial charge in [0.2, 0.25) is 0 Å². The molecule has 4 atom stereocenters. The standard InChI is InChI=1S/C14H20O3S/c15-9-11-10(12-7-8-13(11)18-12)5-3-1-2-4-6-14(16)17/h1,3,9-13H,2,4-8H2,(H,16,17)/b3-1-/t10-,11+,12-,13+/m1/s1. The SMILES string of the molecule is O=C[C@H]1[C@@H](C/C=C\CCCC(=O)O)[C@H]2CC[C@@H]1S2. The summed E-state index contributed by atoms with van der Waals surface area (Å²) in [5.74, 6) is 0.0355. The minimum atomic E-state index is -0.728. The molecule has 2 aliphatic rings. The molecule has 0 aromatic heterocycles. The van der Waals surface area contributed by atoms with Crippen LogP contribution in [0, 0.1) is 11.8 Å². The van der Waals surface area contributed by atoms with Crippen molar-refractivity contribution in [3.05, 3.63) is 12.2 Å². The van der Waals surface area contributed by atoms with E-state index in [1.54, 1.807) is 0 Å². The fraction of sp³-hybridized carbons (Fsp3) is 0.714. The highest BCUT2D eigenvalue weighted by molar-refractivity contribution is 8.01. The van der Waals surface area contributed by atoms with Crippen molar-refractivity contribution in [2.75, 3.05) is 0 Å². The first-order chi connectivity index (χ1) is 8.72. The van der Waals surface area contributed by atoms with Gasteiger partial charge in [-0.3, -0.25) is 4.79 Å². The van der Waals surface area contributed by atoms with Gasteiger partial charge in [-0.15, -0.1) is 0 Å². The molecule has 0 aliphatic carbocycles. The van der Waals surface area contributed by atoms with Crippen LogP contribution in [0.5, 0.6) is 0 Å². The smallest absolute Gasteiger partial charge is 0.303 e. The minimum absolute atomic E-state index is 0.241. The van der Waals surface area contributed by atoms with Crippen molar-refractivity contribution in [1.29, 1.82) is 0 Å². The Morgan fingerprint density at radius 2 is 2.06 bits per heavy atom. The number of aldehydes is 1. The molecular formula is C14H20O3S. The van der Waals surface area contributed by atoms with Crippen LogP contribution in [0.15, 0.2) is 12.2 Å². The lowest BCUT2D eigenvalue weighted by atomic mass is 9.78. The van der Waals surface area contributed by atoms with Gasteiger partial charge in [0, 0.05) is 22.8 Å². The first-order valence-electron chi connectivity index (χ1n) is 6.70. The Morgan fingerprint density at radius 3 is 2.78 bits per heavy atom. The maximum atomic E-state index is 11.1. The molecule has 0 aromatic rings. The van der Waals surface area contributed by atoms with Crippen LogP contribution >= 0.6 is 11.8 Å². The molecular weight excluding hydrogens is 248 g/mol. The Morgan fingerprint density at radius 1 is 1.28 bits per heavy atom. The van der Waals surface area contributed by atoms with Gasteiger partial charge < -0.3 is 9.90 Å². The molecule has 2 heterocycles. The second kappa shape index (κ2) is 6.41. The van der Waals surface area contributed by atoms with Crippen LogP contribution in [-0.2, 0) is 9.59 Å². The monoisotopic (exact) mass is 268 g/mol. The van der Waals surface area contributed by atoms with Crippen molar-refractivity contribution in [2.24, 2.45) is 11.8 Å². The Kier molecular flexibility index (Phi) is 4.87. The van der Waals surface area contributed by atoms with Crippen LogP contribution in [-0.4, -0.2) is 27.9 Å². The molecule has 1 N–H and O–H groups in total. The van der Waals surface area contributed by atoms with Crippen molar-refractivity contribution in [3.8, 4) is 0 Å². The van der Waals surface area contributed by atoms with Gasteiger partial charge in [-0.1, -0.05) is 12.2 Å². The zero-order valence-electron chi connectivity index (χ0n) is 10.5. The number of aliphatic carboxylic acids is 1. The quantitative estimate of drug-likeness (QED) is 0.438. The Balaban J connectivity index is 1.71. The van der Waals surface area contributed by atoms with E-state index >= 15 is 0 Å². The van der Waals surface area contributed by atoms with Gasteiger partial charge in [-0.2, -0.15) is 11.8 Å². The second-order valence-corrected chi connectivity index (χ2v) is 6.64. The zero-order chi connectivity index (χ0) is 13.0. The van der Waals surface area contributed by atoms with Gasteiger partial charge in [0.05, 0.1) is 0 Å². The largest absolute Gasteiger partial charge is 0.481 e. The van der Waals surface area contributed by atoms with Crippen molar-refractivity contribution >= 4 is 24.0 Å². The van der Waals surface area contributed by atoms with Crippen molar-refractivity contribution < 1.29 is 14.7 Å². The molecule has 2 rings (SSSR count). The van der Waals surface area contributed by atoms with Crippen LogP contribution in [0.25, 0.3) is 0 Å². The van der Waals surface area contributed by atoms with E-state index < -0.39 is 5.97 Å². The third kappa shape index (κ3) is 3.16. The molecule has 2 aliphatic heterocycles. The number of unbranched alkanes of at least 4 members (excludes halogenated alkanes) is 1. The molecule has 0 saturated carbocycles. The Labute approximate surface area is 112 Å². The number of allylic oxidation sites excluding steroid dienone is 2. The summed E-state index contributed by atoms with van der Waals surface area (Å²) in [7, 11) is 0. The van der Waals surface area contributed by atoms with Crippen molar-refractivity contribution in [2.45, 2.75) is 49.0 Å². The van der Waals surface area contributed by atoms with E-state index in [1.165, 1.54) is 12.8 Å². The number of rotatable bonds is 7. The third-order valence-corrected chi connectivity index (χ3v) is 5.81. The summed E-state index contributed by atoms with van der Waals surface area (Å²) in [5, 5.41) is 9.76. The number of carbonyl (C=O) groups is 2. The Hall–Kier alpha value is -0.770. The minimum Gasteiger partial charge on any atom is -0.481 e. The highest BCUT2D eigenvalue weighted by Crippen LogP contribution is 2.53. The topological polar surface area (TPSA) is 54.4 Å². The van der Waals surface area contributed by atoms with E-state index in [0.29, 0.717) is 22.8 Å². The molecule has 100 valence electrons. The molecule has 4 heteroatoms. The summed E-state index contributed by atoms with van der Waals surface area (Å²) in [4.78, 5) is 21.5.